The molecule has 0 radical (unpaired) electrons. The van der Waals surface area contributed by atoms with E-state index in [1.165, 1.54) is 29.8 Å². The Hall–Kier alpha value is -0.820. The molecule has 3 rings (SSSR count). The zero-order valence-corrected chi connectivity index (χ0v) is 14.1. The Bertz CT molecular complexity index is 570. The lowest BCUT2D eigenvalue weighted by atomic mass is 10.0. The van der Waals surface area contributed by atoms with Gasteiger partial charge in [-0.3, -0.25) is 0 Å². The monoisotopic (exact) mass is 323 g/mol. The summed E-state index contributed by atoms with van der Waals surface area (Å²) in [6, 6.07) is 0.0979. The molecule has 1 aliphatic rings. The van der Waals surface area contributed by atoms with E-state index in [1.54, 1.807) is 18.4 Å². The van der Waals surface area contributed by atoms with Crippen LogP contribution in [-0.2, 0) is 17.6 Å². The van der Waals surface area contributed by atoms with Crippen LogP contribution in [0.15, 0.2) is 5.38 Å². The van der Waals surface area contributed by atoms with Crippen LogP contribution >= 0.6 is 22.7 Å². The van der Waals surface area contributed by atoms with Crippen molar-refractivity contribution in [2.45, 2.75) is 38.6 Å². The summed E-state index contributed by atoms with van der Waals surface area (Å²) in [6.07, 6.45) is 4.89. The van der Waals surface area contributed by atoms with Crippen molar-refractivity contribution in [1.29, 1.82) is 0 Å². The molecule has 1 unspecified atom stereocenters. The van der Waals surface area contributed by atoms with Gasteiger partial charge in [-0.25, -0.2) is 9.97 Å². The Morgan fingerprint density at radius 2 is 2.19 bits per heavy atom. The van der Waals surface area contributed by atoms with Crippen molar-refractivity contribution in [1.82, 2.24) is 15.3 Å². The maximum absolute atomic E-state index is 5.15. The molecule has 1 aliphatic carbocycles. The van der Waals surface area contributed by atoms with Crippen molar-refractivity contribution < 1.29 is 4.74 Å². The molecule has 0 spiro atoms. The van der Waals surface area contributed by atoms with Crippen LogP contribution in [0.2, 0.25) is 0 Å². The molecule has 0 aromatic carbocycles. The minimum atomic E-state index is 0.0979. The van der Waals surface area contributed by atoms with E-state index in [0.717, 1.165) is 28.7 Å². The minimum absolute atomic E-state index is 0.0979. The SMILES string of the molecule is COCCNC(c1csc(C)n1)c1nc2c(s1)CCCC2. The van der Waals surface area contributed by atoms with Crippen molar-refractivity contribution in [3.05, 3.63) is 31.7 Å². The summed E-state index contributed by atoms with van der Waals surface area (Å²) < 4.78 is 5.15. The molecule has 0 aliphatic heterocycles. The molecule has 2 aromatic rings. The van der Waals surface area contributed by atoms with Gasteiger partial charge in [-0.05, 0) is 32.6 Å². The Kier molecular flexibility index (Phi) is 5.00. The van der Waals surface area contributed by atoms with Crippen LogP contribution in [0.1, 0.15) is 45.2 Å². The second-order valence-corrected chi connectivity index (χ2v) is 7.48. The molecule has 0 fully saturated rings. The van der Waals surface area contributed by atoms with E-state index >= 15 is 0 Å². The number of thiazole rings is 2. The lowest BCUT2D eigenvalue weighted by molar-refractivity contribution is 0.197. The van der Waals surface area contributed by atoms with Crippen LogP contribution in [0, 0.1) is 6.92 Å². The highest BCUT2D eigenvalue weighted by Gasteiger charge is 2.23. The number of rotatable bonds is 6. The van der Waals surface area contributed by atoms with Crippen LogP contribution < -0.4 is 5.32 Å². The molecule has 0 amide bonds. The van der Waals surface area contributed by atoms with Gasteiger partial charge in [0.05, 0.1) is 23.0 Å². The first-order chi connectivity index (χ1) is 10.3. The third-order valence-electron chi connectivity index (χ3n) is 3.70. The van der Waals surface area contributed by atoms with E-state index in [4.69, 9.17) is 9.72 Å². The minimum Gasteiger partial charge on any atom is -0.383 e. The first-order valence-electron chi connectivity index (χ1n) is 7.40. The number of hydrogen-bond acceptors (Lipinski definition) is 6. The Labute approximate surface area is 133 Å². The molecule has 1 N–H and O–H groups in total. The molecule has 6 heteroatoms. The number of aromatic nitrogens is 2. The molecule has 4 nitrogen and oxygen atoms in total. The summed E-state index contributed by atoms with van der Waals surface area (Å²) in [6.45, 7) is 3.56. The lowest BCUT2D eigenvalue weighted by Crippen LogP contribution is -2.26. The second kappa shape index (κ2) is 6.96. The zero-order valence-electron chi connectivity index (χ0n) is 12.5. The van der Waals surface area contributed by atoms with E-state index in [-0.39, 0.29) is 6.04 Å². The average Bonchev–Trinajstić information content (AvgIpc) is 3.09. The number of nitrogens with zero attached hydrogens (tertiary/aromatic N) is 2. The molecular weight excluding hydrogens is 302 g/mol. The van der Waals surface area contributed by atoms with Crippen molar-refractivity contribution in [3.63, 3.8) is 0 Å². The van der Waals surface area contributed by atoms with E-state index in [2.05, 4.69) is 15.7 Å². The largest absolute Gasteiger partial charge is 0.383 e. The molecule has 114 valence electrons. The van der Waals surface area contributed by atoms with Gasteiger partial charge in [-0.2, -0.15) is 0 Å². The van der Waals surface area contributed by atoms with Gasteiger partial charge in [0, 0.05) is 23.9 Å². The van der Waals surface area contributed by atoms with Crippen LogP contribution in [0.4, 0.5) is 0 Å². The van der Waals surface area contributed by atoms with E-state index in [1.807, 2.05) is 18.3 Å². The topological polar surface area (TPSA) is 47.0 Å². The number of fused-ring (bicyclic) bond motifs is 1. The fourth-order valence-electron chi connectivity index (χ4n) is 2.63. The van der Waals surface area contributed by atoms with Gasteiger partial charge in [-0.15, -0.1) is 22.7 Å². The van der Waals surface area contributed by atoms with Crippen LogP contribution in [0.5, 0.6) is 0 Å². The first kappa shape index (κ1) is 15.1. The number of aryl methyl sites for hydroxylation is 3. The van der Waals surface area contributed by atoms with Gasteiger partial charge in [0.1, 0.15) is 11.0 Å². The van der Waals surface area contributed by atoms with Crippen LogP contribution in [0.25, 0.3) is 0 Å². The summed E-state index contributed by atoms with van der Waals surface area (Å²) in [4.78, 5) is 11.0. The Balaban J connectivity index is 1.85. The highest BCUT2D eigenvalue weighted by atomic mass is 32.1. The average molecular weight is 323 g/mol. The van der Waals surface area contributed by atoms with E-state index in [0.29, 0.717) is 6.61 Å². The fourth-order valence-corrected chi connectivity index (χ4v) is 4.51. The van der Waals surface area contributed by atoms with Gasteiger partial charge in [-0.1, -0.05) is 0 Å². The van der Waals surface area contributed by atoms with Crippen LogP contribution in [-0.4, -0.2) is 30.2 Å². The molecular formula is C15H21N3OS2. The maximum atomic E-state index is 5.15. The van der Waals surface area contributed by atoms with E-state index in [9.17, 15) is 0 Å². The predicted molar refractivity (Wildman–Crippen MR) is 87.3 cm³/mol. The Morgan fingerprint density at radius 1 is 1.33 bits per heavy atom. The lowest BCUT2D eigenvalue weighted by Gasteiger charge is -2.14. The van der Waals surface area contributed by atoms with Crippen LogP contribution in [0.3, 0.4) is 0 Å². The van der Waals surface area contributed by atoms with Crippen molar-refractivity contribution >= 4 is 22.7 Å². The van der Waals surface area contributed by atoms with E-state index < -0.39 is 0 Å². The summed E-state index contributed by atoms with van der Waals surface area (Å²) in [5, 5.41) is 7.94. The highest BCUT2D eigenvalue weighted by molar-refractivity contribution is 7.12. The predicted octanol–water partition coefficient (Wildman–Crippen LogP) is 3.11. The van der Waals surface area contributed by atoms with Gasteiger partial charge < -0.3 is 10.1 Å². The quantitative estimate of drug-likeness (QED) is 0.830. The zero-order chi connectivity index (χ0) is 14.7. The number of hydrogen-bond donors (Lipinski definition) is 1. The maximum Gasteiger partial charge on any atom is 0.116 e. The molecule has 1 atom stereocenters. The summed E-state index contributed by atoms with van der Waals surface area (Å²) in [5.41, 5.74) is 2.39. The smallest absolute Gasteiger partial charge is 0.116 e. The van der Waals surface area contributed by atoms with Gasteiger partial charge >= 0.3 is 0 Å². The first-order valence-corrected chi connectivity index (χ1v) is 9.10. The van der Waals surface area contributed by atoms with Gasteiger partial charge in [0.25, 0.3) is 0 Å². The molecule has 2 heterocycles. The molecule has 0 saturated heterocycles. The normalized spacial score (nSPS) is 15.9. The fraction of sp³-hybridized carbons (Fsp3) is 0.600. The third-order valence-corrected chi connectivity index (χ3v) is 5.71. The second-order valence-electron chi connectivity index (χ2n) is 5.30. The highest BCUT2D eigenvalue weighted by Crippen LogP contribution is 2.32. The van der Waals surface area contributed by atoms with Gasteiger partial charge in [0.15, 0.2) is 0 Å². The van der Waals surface area contributed by atoms with Crippen molar-refractivity contribution in [3.8, 4) is 0 Å². The summed E-state index contributed by atoms with van der Waals surface area (Å²) in [5.74, 6) is 0. The number of ether oxygens (including phenoxy) is 1. The standard InChI is InChI=1S/C15H21N3OS2/c1-10-17-12(9-20-10)14(16-7-8-19-2)15-18-11-5-3-4-6-13(11)21-15/h9,14,16H,3-8H2,1-2H3. The Morgan fingerprint density at radius 3 is 2.90 bits per heavy atom. The molecule has 0 bridgehead atoms. The third kappa shape index (κ3) is 3.51. The van der Waals surface area contributed by atoms with Crippen molar-refractivity contribution in [2.75, 3.05) is 20.3 Å². The molecule has 2 aromatic heterocycles. The summed E-state index contributed by atoms with van der Waals surface area (Å²) >= 11 is 3.55. The summed E-state index contributed by atoms with van der Waals surface area (Å²) in [7, 11) is 1.73. The molecule has 0 saturated carbocycles. The number of nitrogens with one attached hydrogen (secondary N) is 1. The van der Waals surface area contributed by atoms with Gasteiger partial charge in [0.2, 0.25) is 0 Å². The number of methoxy groups -OCH3 is 1. The van der Waals surface area contributed by atoms with Crippen molar-refractivity contribution in [2.24, 2.45) is 0 Å². The molecule has 21 heavy (non-hydrogen) atoms.